The monoisotopic (exact) mass is 300 g/mol. The van der Waals surface area contributed by atoms with Gasteiger partial charge in [0.05, 0.1) is 13.1 Å². The molecule has 0 rings (SSSR count). The lowest BCUT2D eigenvalue weighted by Crippen LogP contribution is -2.61. The van der Waals surface area contributed by atoms with E-state index in [0.717, 1.165) is 32.4 Å². The van der Waals surface area contributed by atoms with Gasteiger partial charge in [0, 0.05) is 6.42 Å². The van der Waals surface area contributed by atoms with E-state index in [2.05, 4.69) is 13.0 Å². The molecule has 0 aliphatic carbocycles. The summed E-state index contributed by atoms with van der Waals surface area (Å²) in [7, 11) is 0. The minimum Gasteiger partial charge on any atom is -0.477 e. The Labute approximate surface area is 130 Å². The minimum atomic E-state index is -0.741. The van der Waals surface area contributed by atoms with Crippen LogP contribution in [0.2, 0.25) is 0 Å². The first-order valence-electron chi connectivity index (χ1n) is 8.38. The summed E-state index contributed by atoms with van der Waals surface area (Å²) in [6.07, 6.45) is 7.89. The van der Waals surface area contributed by atoms with E-state index >= 15 is 0 Å². The van der Waals surface area contributed by atoms with Gasteiger partial charge in [-0.2, -0.15) is 0 Å². The Morgan fingerprint density at radius 3 is 2.14 bits per heavy atom. The van der Waals surface area contributed by atoms with Gasteiger partial charge in [0.2, 0.25) is 0 Å². The van der Waals surface area contributed by atoms with Gasteiger partial charge in [-0.25, -0.2) is 4.79 Å². The fraction of sp³-hybridized carbons (Fsp3) is 0.824. The van der Waals surface area contributed by atoms with Crippen LogP contribution in [0.3, 0.4) is 0 Å². The number of unbranched alkanes of at least 4 members (excludes halogenated alkanes) is 1. The third-order valence-corrected chi connectivity index (χ3v) is 4.37. The summed E-state index contributed by atoms with van der Waals surface area (Å²) >= 11 is 0. The Morgan fingerprint density at radius 2 is 1.71 bits per heavy atom. The number of allylic oxidation sites excluding steroid dienone is 1. The number of hydrogen-bond acceptors (Lipinski definition) is 2. The summed E-state index contributed by atoms with van der Waals surface area (Å²) in [5.41, 5.74) is 0. The van der Waals surface area contributed by atoms with E-state index in [-0.39, 0.29) is 0 Å². The molecule has 0 bridgehead atoms. The van der Waals surface area contributed by atoms with Crippen LogP contribution in [0.5, 0.6) is 0 Å². The molecule has 0 aliphatic rings. The SMILES string of the molecule is CCC/C=C/CC(O)C[N+](CC)(CC)C(CCC)C(=O)O. The Bertz CT molecular complexity index is 311. The number of hydrogen-bond donors (Lipinski definition) is 2. The Balaban J connectivity index is 4.88. The minimum absolute atomic E-state index is 0.417. The molecule has 0 saturated carbocycles. The summed E-state index contributed by atoms with van der Waals surface area (Å²) < 4.78 is 0.464. The predicted molar refractivity (Wildman–Crippen MR) is 87.2 cm³/mol. The normalized spacial score (nSPS) is 15.3. The van der Waals surface area contributed by atoms with Crippen LogP contribution >= 0.6 is 0 Å². The number of aliphatic hydroxyl groups excluding tert-OH is 1. The van der Waals surface area contributed by atoms with Gasteiger partial charge >= 0.3 is 5.97 Å². The molecule has 21 heavy (non-hydrogen) atoms. The molecule has 2 N–H and O–H groups in total. The largest absolute Gasteiger partial charge is 0.477 e. The van der Waals surface area contributed by atoms with Crippen molar-refractivity contribution in [1.29, 1.82) is 0 Å². The highest BCUT2D eigenvalue weighted by Crippen LogP contribution is 2.20. The van der Waals surface area contributed by atoms with Gasteiger partial charge in [-0.1, -0.05) is 32.4 Å². The van der Waals surface area contributed by atoms with Crippen LogP contribution < -0.4 is 0 Å². The van der Waals surface area contributed by atoms with E-state index in [1.165, 1.54) is 0 Å². The number of quaternary nitrogens is 1. The lowest BCUT2D eigenvalue weighted by Gasteiger charge is -2.42. The molecule has 0 aromatic rings. The molecule has 2 atom stereocenters. The highest BCUT2D eigenvalue weighted by atomic mass is 16.4. The van der Waals surface area contributed by atoms with E-state index in [1.807, 2.05) is 26.8 Å². The molecule has 2 unspecified atom stereocenters. The van der Waals surface area contributed by atoms with Crippen LogP contribution in [0.15, 0.2) is 12.2 Å². The summed E-state index contributed by atoms with van der Waals surface area (Å²) in [5.74, 6) is -0.741. The second-order valence-electron chi connectivity index (χ2n) is 5.83. The van der Waals surface area contributed by atoms with E-state index < -0.39 is 18.1 Å². The van der Waals surface area contributed by atoms with Crippen LogP contribution in [-0.4, -0.2) is 52.4 Å². The molecule has 0 radical (unpaired) electrons. The number of aliphatic hydroxyl groups is 1. The lowest BCUT2D eigenvalue weighted by molar-refractivity contribution is -0.943. The first-order valence-corrected chi connectivity index (χ1v) is 8.38. The number of likely N-dealkylation sites (N-methyl/N-ethyl adjacent to an activating group) is 1. The number of carboxylic acids is 1. The van der Waals surface area contributed by atoms with Gasteiger partial charge in [0.15, 0.2) is 6.04 Å². The van der Waals surface area contributed by atoms with E-state index in [1.54, 1.807) is 0 Å². The van der Waals surface area contributed by atoms with Crippen molar-refractivity contribution in [1.82, 2.24) is 0 Å². The number of carbonyl (C=O) groups is 1. The number of carboxylic acid groups (broad SMARTS) is 1. The fourth-order valence-corrected chi connectivity index (χ4v) is 2.99. The highest BCUT2D eigenvalue weighted by molar-refractivity contribution is 5.72. The zero-order chi connectivity index (χ0) is 16.3. The van der Waals surface area contributed by atoms with Crippen molar-refractivity contribution in [2.75, 3.05) is 19.6 Å². The van der Waals surface area contributed by atoms with Crippen molar-refractivity contribution in [3.8, 4) is 0 Å². The van der Waals surface area contributed by atoms with Gasteiger partial charge < -0.3 is 14.7 Å². The average molecular weight is 300 g/mol. The molecule has 0 aromatic heterocycles. The molecule has 0 aliphatic heterocycles. The number of nitrogens with zero attached hydrogens (tertiary/aromatic N) is 1. The Morgan fingerprint density at radius 1 is 1.10 bits per heavy atom. The molecule has 0 saturated heterocycles. The summed E-state index contributed by atoms with van der Waals surface area (Å²) in [5, 5.41) is 19.8. The summed E-state index contributed by atoms with van der Waals surface area (Å²) in [6.45, 7) is 10.2. The standard InChI is InChI=1S/C17H33NO3/c1-5-9-10-11-13-15(19)14-18(7-3,8-4)16(12-6-2)17(20)21/h10-11,15-16,19H,5-9,12-14H2,1-4H3/p+1/b11-10+. The van der Waals surface area contributed by atoms with Crippen molar-refractivity contribution < 1.29 is 19.5 Å². The van der Waals surface area contributed by atoms with E-state index in [9.17, 15) is 15.0 Å². The lowest BCUT2D eigenvalue weighted by atomic mass is 10.0. The molecule has 124 valence electrons. The number of rotatable bonds is 12. The molecule has 0 fully saturated rings. The topological polar surface area (TPSA) is 57.5 Å². The van der Waals surface area contributed by atoms with Gasteiger partial charge in [-0.3, -0.25) is 0 Å². The second kappa shape index (κ2) is 10.8. The second-order valence-corrected chi connectivity index (χ2v) is 5.83. The van der Waals surface area contributed by atoms with E-state index in [0.29, 0.717) is 23.9 Å². The smallest absolute Gasteiger partial charge is 0.362 e. The van der Waals surface area contributed by atoms with Crippen molar-refractivity contribution in [3.05, 3.63) is 12.2 Å². The fourth-order valence-electron chi connectivity index (χ4n) is 2.99. The maximum absolute atomic E-state index is 11.6. The third-order valence-electron chi connectivity index (χ3n) is 4.37. The summed E-state index contributed by atoms with van der Waals surface area (Å²) in [6, 6.07) is -0.417. The van der Waals surface area contributed by atoms with Gasteiger partial charge in [-0.05, 0) is 33.1 Å². The third kappa shape index (κ3) is 6.62. The highest BCUT2D eigenvalue weighted by Gasteiger charge is 2.40. The van der Waals surface area contributed by atoms with Crippen molar-refractivity contribution in [3.63, 3.8) is 0 Å². The molecular formula is C17H34NO3+. The van der Waals surface area contributed by atoms with Crippen LogP contribution in [0.4, 0.5) is 0 Å². The average Bonchev–Trinajstić information content (AvgIpc) is 2.47. The van der Waals surface area contributed by atoms with Crippen LogP contribution in [0.1, 0.15) is 59.8 Å². The van der Waals surface area contributed by atoms with Crippen molar-refractivity contribution in [2.24, 2.45) is 0 Å². The van der Waals surface area contributed by atoms with Crippen LogP contribution in [0.25, 0.3) is 0 Å². The number of aliphatic carboxylic acids is 1. The molecule has 4 heteroatoms. The van der Waals surface area contributed by atoms with Gasteiger partial charge in [0.1, 0.15) is 12.6 Å². The quantitative estimate of drug-likeness (QED) is 0.430. The molecule has 0 heterocycles. The Kier molecular flexibility index (Phi) is 10.4. The van der Waals surface area contributed by atoms with Crippen LogP contribution in [-0.2, 0) is 4.79 Å². The maximum Gasteiger partial charge on any atom is 0.362 e. The van der Waals surface area contributed by atoms with Crippen molar-refractivity contribution >= 4 is 5.97 Å². The van der Waals surface area contributed by atoms with Gasteiger partial charge in [0.25, 0.3) is 0 Å². The maximum atomic E-state index is 11.6. The molecular weight excluding hydrogens is 266 g/mol. The van der Waals surface area contributed by atoms with Crippen molar-refractivity contribution in [2.45, 2.75) is 71.9 Å². The van der Waals surface area contributed by atoms with Gasteiger partial charge in [-0.15, -0.1) is 0 Å². The zero-order valence-corrected chi connectivity index (χ0v) is 14.2. The van der Waals surface area contributed by atoms with Crippen LogP contribution in [0, 0.1) is 0 Å². The predicted octanol–water partition coefficient (Wildman–Crippen LogP) is 3.20. The molecule has 0 aromatic carbocycles. The first kappa shape index (κ1) is 20.1. The molecule has 0 amide bonds. The first-order chi connectivity index (χ1) is 9.97. The molecule has 4 nitrogen and oxygen atoms in total. The zero-order valence-electron chi connectivity index (χ0n) is 14.2. The summed E-state index contributed by atoms with van der Waals surface area (Å²) in [4.78, 5) is 11.6. The Hall–Kier alpha value is -0.870. The van der Waals surface area contributed by atoms with E-state index in [4.69, 9.17) is 0 Å². The molecule has 0 spiro atoms.